The normalized spacial score (nSPS) is 55.1. The second-order valence-electron chi connectivity index (χ2n) is 14.4. The van der Waals surface area contributed by atoms with Crippen LogP contribution in [0.2, 0.25) is 0 Å². The first-order valence-electron chi connectivity index (χ1n) is 14.1. The van der Waals surface area contributed by atoms with Crippen molar-refractivity contribution in [1.82, 2.24) is 0 Å². The second kappa shape index (κ2) is 7.80. The average molecular weight is 489 g/mol. The maximum atomic E-state index is 12.5. The van der Waals surface area contributed by atoms with Gasteiger partial charge in [-0.15, -0.1) is 0 Å². The van der Waals surface area contributed by atoms with Crippen molar-refractivity contribution >= 4 is 5.97 Å². The molecule has 4 N–H and O–H groups in total. The predicted molar refractivity (Wildman–Crippen MR) is 135 cm³/mol. The molecule has 0 amide bonds. The summed E-state index contributed by atoms with van der Waals surface area (Å²) in [4.78, 5) is 12.5. The van der Waals surface area contributed by atoms with E-state index in [1.807, 2.05) is 0 Å². The first-order valence-corrected chi connectivity index (χ1v) is 14.1. The Kier molecular flexibility index (Phi) is 5.73. The van der Waals surface area contributed by atoms with E-state index >= 15 is 0 Å². The van der Waals surface area contributed by atoms with Gasteiger partial charge in [0, 0.05) is 11.8 Å². The largest absolute Gasteiger partial charge is 0.481 e. The summed E-state index contributed by atoms with van der Waals surface area (Å²) in [5.41, 5.74) is -0.291. The summed E-state index contributed by atoms with van der Waals surface area (Å²) in [7, 11) is 0. The van der Waals surface area contributed by atoms with Crippen molar-refractivity contribution in [2.24, 2.45) is 50.7 Å². The van der Waals surface area contributed by atoms with Gasteiger partial charge in [0.25, 0.3) is 0 Å². The smallest absolute Gasteiger partial charge is 0.312 e. The molecule has 2 spiro atoms. The van der Waals surface area contributed by atoms with Crippen LogP contribution in [0.5, 0.6) is 0 Å². The maximum absolute atomic E-state index is 12.5. The molecule has 0 aromatic heterocycles. The summed E-state index contributed by atoms with van der Waals surface area (Å²) in [6.07, 6.45) is 8.06. The van der Waals surface area contributed by atoms with Gasteiger partial charge in [-0.3, -0.25) is 4.79 Å². The highest BCUT2D eigenvalue weighted by Gasteiger charge is 2.86. The van der Waals surface area contributed by atoms with Crippen molar-refractivity contribution in [2.45, 2.75) is 118 Å². The van der Waals surface area contributed by atoms with E-state index in [2.05, 4.69) is 40.7 Å². The molecule has 5 heteroatoms. The molecule has 0 aliphatic heterocycles. The quantitative estimate of drug-likeness (QED) is 0.400. The van der Waals surface area contributed by atoms with E-state index in [1.165, 1.54) is 5.57 Å². The van der Waals surface area contributed by atoms with Crippen LogP contribution in [0, 0.1) is 50.7 Å². The summed E-state index contributed by atoms with van der Waals surface area (Å²) in [6, 6.07) is 0. The molecular formula is C30H48O5. The number of carbonyl (C=O) groups is 1. The van der Waals surface area contributed by atoms with Crippen molar-refractivity contribution in [3.63, 3.8) is 0 Å². The number of aliphatic hydroxyl groups excluding tert-OH is 3. The number of aliphatic hydroxyl groups is 3. The van der Waals surface area contributed by atoms with Crippen LogP contribution in [0.1, 0.15) is 99.3 Å². The minimum atomic E-state index is -1.20. The van der Waals surface area contributed by atoms with Crippen molar-refractivity contribution in [1.29, 1.82) is 0 Å². The summed E-state index contributed by atoms with van der Waals surface area (Å²) in [5, 5.41) is 44.0. The predicted octanol–water partition coefficient (Wildman–Crippen LogP) is 5.18. The van der Waals surface area contributed by atoms with Crippen LogP contribution in [0.4, 0.5) is 0 Å². The Morgan fingerprint density at radius 3 is 2.29 bits per heavy atom. The van der Waals surface area contributed by atoms with Crippen LogP contribution < -0.4 is 0 Å². The van der Waals surface area contributed by atoms with E-state index in [1.54, 1.807) is 6.92 Å². The zero-order chi connectivity index (χ0) is 25.8. The van der Waals surface area contributed by atoms with E-state index in [0.29, 0.717) is 11.8 Å². The molecule has 5 aliphatic rings. The molecule has 12 atom stereocenters. The number of hydrogen-bond acceptors (Lipinski definition) is 4. The van der Waals surface area contributed by atoms with Crippen molar-refractivity contribution in [3.8, 4) is 0 Å². The fourth-order valence-electron chi connectivity index (χ4n) is 11.3. The molecule has 6 unspecified atom stereocenters. The molecule has 5 rings (SSSR count). The van der Waals surface area contributed by atoms with Gasteiger partial charge in [0.05, 0.1) is 23.7 Å². The second-order valence-corrected chi connectivity index (χ2v) is 14.4. The monoisotopic (exact) mass is 488 g/mol. The molecule has 0 bridgehead atoms. The third-order valence-corrected chi connectivity index (χ3v) is 13.1. The van der Waals surface area contributed by atoms with E-state index in [-0.39, 0.29) is 40.6 Å². The lowest BCUT2D eigenvalue weighted by atomic mass is 9.41. The van der Waals surface area contributed by atoms with Gasteiger partial charge in [0.2, 0.25) is 0 Å². The number of carboxylic acids is 1. The Bertz CT molecular complexity index is 926. The lowest BCUT2D eigenvalue weighted by molar-refractivity contribution is -0.210. The Morgan fingerprint density at radius 2 is 1.66 bits per heavy atom. The Morgan fingerprint density at radius 1 is 1.00 bits per heavy atom. The molecule has 0 heterocycles. The molecule has 35 heavy (non-hydrogen) atoms. The highest BCUT2D eigenvalue weighted by atomic mass is 16.4. The third kappa shape index (κ3) is 2.95. The highest BCUT2D eigenvalue weighted by molar-refractivity contribution is 5.76. The Balaban J connectivity index is 1.48. The minimum Gasteiger partial charge on any atom is -0.481 e. The first kappa shape index (κ1) is 25.7. The average Bonchev–Trinajstić information content (AvgIpc) is 3.39. The molecule has 0 saturated heterocycles. The van der Waals surface area contributed by atoms with Crippen molar-refractivity contribution in [2.75, 3.05) is 0 Å². The van der Waals surface area contributed by atoms with E-state index in [0.717, 1.165) is 51.4 Å². The van der Waals surface area contributed by atoms with E-state index in [9.17, 15) is 25.2 Å². The van der Waals surface area contributed by atoms with Crippen LogP contribution in [0.3, 0.4) is 0 Å². The van der Waals surface area contributed by atoms with Crippen LogP contribution in [0.15, 0.2) is 11.6 Å². The Labute approximate surface area is 211 Å². The lowest BCUT2D eigenvalue weighted by Crippen LogP contribution is -2.63. The fourth-order valence-corrected chi connectivity index (χ4v) is 11.3. The molecule has 5 aliphatic carbocycles. The van der Waals surface area contributed by atoms with Crippen molar-refractivity contribution in [3.05, 3.63) is 11.6 Å². The summed E-state index contributed by atoms with van der Waals surface area (Å²) in [5.74, 6) is -0.0183. The number of carboxylic acid groups (broad SMARTS) is 1. The van der Waals surface area contributed by atoms with Crippen LogP contribution in [-0.4, -0.2) is 44.7 Å². The molecule has 0 radical (unpaired) electrons. The number of fused-ring (bicyclic) bond motifs is 2. The van der Waals surface area contributed by atoms with Gasteiger partial charge in [-0.1, -0.05) is 32.4 Å². The SMILES string of the molecule is CC(C)=CCCC(C)C1[C@H](O)C[C@@]2(C)C3CCC4C5(CC35CC[C@]12C)[C@@H](O)C[C@H](O)[C@@]4(C)C(=O)O. The molecule has 5 nitrogen and oxygen atoms in total. The van der Waals surface area contributed by atoms with Crippen LogP contribution in [-0.2, 0) is 4.79 Å². The molecule has 5 fully saturated rings. The zero-order valence-corrected chi connectivity index (χ0v) is 22.7. The van der Waals surface area contributed by atoms with Gasteiger partial charge in [-0.25, -0.2) is 0 Å². The van der Waals surface area contributed by atoms with Crippen molar-refractivity contribution < 1.29 is 25.2 Å². The summed E-state index contributed by atoms with van der Waals surface area (Å²) < 4.78 is 0. The summed E-state index contributed by atoms with van der Waals surface area (Å²) >= 11 is 0. The molecule has 0 aromatic rings. The standard InChI is InChI=1S/C30H48O5/c1-17(2)8-7-9-18(3)24-19(31)15-27(5)20-10-11-21-28(6,25(34)35)22(32)14-23(33)30(21)16-29(20,30)13-12-26(24,27)4/h8,18-24,31-33H,7,9-16H2,1-6H3,(H,34,35)/t18?,19-,20?,21?,22+,23+,24?,26-,27+,28+,29?,30?/m1/s1. The van der Waals surface area contributed by atoms with Gasteiger partial charge in [0.1, 0.15) is 0 Å². The molecular weight excluding hydrogens is 440 g/mol. The maximum Gasteiger partial charge on any atom is 0.312 e. The number of aliphatic carboxylic acids is 1. The third-order valence-electron chi connectivity index (χ3n) is 13.1. The van der Waals surface area contributed by atoms with Crippen LogP contribution in [0.25, 0.3) is 0 Å². The van der Waals surface area contributed by atoms with E-state index < -0.39 is 29.0 Å². The molecule has 198 valence electrons. The number of allylic oxidation sites excluding steroid dienone is 2. The first-order chi connectivity index (χ1) is 16.2. The van der Waals surface area contributed by atoms with E-state index in [4.69, 9.17) is 0 Å². The van der Waals surface area contributed by atoms with Gasteiger partial charge < -0.3 is 20.4 Å². The fraction of sp³-hybridized carbons (Fsp3) is 0.900. The topological polar surface area (TPSA) is 98.0 Å². The zero-order valence-electron chi connectivity index (χ0n) is 22.7. The molecule has 5 saturated carbocycles. The van der Waals surface area contributed by atoms with Crippen LogP contribution >= 0.6 is 0 Å². The van der Waals surface area contributed by atoms with Gasteiger partial charge in [0.15, 0.2) is 0 Å². The molecule has 0 aromatic carbocycles. The van der Waals surface area contributed by atoms with Gasteiger partial charge in [-0.2, -0.15) is 0 Å². The van der Waals surface area contributed by atoms with Gasteiger partial charge >= 0.3 is 5.97 Å². The summed E-state index contributed by atoms with van der Waals surface area (Å²) in [6.45, 7) is 13.2. The highest BCUT2D eigenvalue weighted by Crippen LogP contribution is 2.89. The van der Waals surface area contributed by atoms with Gasteiger partial charge in [-0.05, 0) is 112 Å². The lowest BCUT2D eigenvalue weighted by Gasteiger charge is -2.63. The number of rotatable bonds is 5. The Hall–Kier alpha value is -0.910. The minimum absolute atomic E-state index is 0.0238. The number of hydrogen-bond donors (Lipinski definition) is 4.